The number of hydrogen-bond donors (Lipinski definition) is 1. The first-order valence-corrected chi connectivity index (χ1v) is 6.51. The fourth-order valence-corrected chi connectivity index (χ4v) is 3.50. The third-order valence-electron chi connectivity index (χ3n) is 2.49. The van der Waals surface area contributed by atoms with Gasteiger partial charge in [-0.1, -0.05) is 6.42 Å². The Labute approximate surface area is 91.4 Å². The number of carboxylic acids is 1. The summed E-state index contributed by atoms with van der Waals surface area (Å²) in [6.45, 7) is 0. The highest BCUT2D eigenvalue weighted by atomic mass is 32.2. The van der Waals surface area contributed by atoms with Crippen LogP contribution < -0.4 is 0 Å². The fraction of sp³-hybridized carbons (Fsp3) is 0.625. The van der Waals surface area contributed by atoms with Crippen LogP contribution in [-0.2, 0) is 9.84 Å². The molecule has 0 aromatic carbocycles. The van der Waals surface area contributed by atoms with E-state index in [9.17, 15) is 13.2 Å². The molecule has 1 aliphatic heterocycles. The van der Waals surface area contributed by atoms with Gasteiger partial charge in [0.2, 0.25) is 5.89 Å². The van der Waals surface area contributed by atoms with Gasteiger partial charge in [-0.15, -0.1) is 0 Å². The molecule has 0 bridgehead atoms. The summed E-state index contributed by atoms with van der Waals surface area (Å²) in [5.41, 5.74) is 0. The molecule has 2 rings (SSSR count). The van der Waals surface area contributed by atoms with Crippen molar-refractivity contribution in [3.8, 4) is 0 Å². The molecule has 0 saturated carbocycles. The number of rotatable bonds is 2. The molecule has 1 atom stereocenters. The Bertz CT molecular complexity index is 506. The lowest BCUT2D eigenvalue weighted by Crippen LogP contribution is -2.22. The van der Waals surface area contributed by atoms with Crippen LogP contribution in [0.25, 0.3) is 0 Å². The van der Waals surface area contributed by atoms with Crippen molar-refractivity contribution in [2.75, 3.05) is 5.75 Å². The molecule has 1 unspecified atom stereocenters. The van der Waals surface area contributed by atoms with Crippen LogP contribution in [0.4, 0.5) is 0 Å². The van der Waals surface area contributed by atoms with Crippen molar-refractivity contribution in [3.63, 3.8) is 0 Å². The second-order valence-electron chi connectivity index (χ2n) is 3.61. The summed E-state index contributed by atoms with van der Waals surface area (Å²) < 4.78 is 28.1. The Hall–Kier alpha value is -1.44. The van der Waals surface area contributed by atoms with Crippen molar-refractivity contribution in [2.45, 2.75) is 24.5 Å². The average Bonchev–Trinajstić information content (AvgIpc) is 2.65. The zero-order chi connectivity index (χ0) is 11.8. The van der Waals surface area contributed by atoms with Crippen LogP contribution >= 0.6 is 0 Å². The number of aromatic nitrogens is 2. The molecule has 0 radical (unpaired) electrons. The standard InChI is InChI=1S/C8H10N2O5S/c11-8(12)6-9-7(15-10-6)5-3-1-2-4-16(5,13)14/h5H,1-4H2,(H,11,12). The van der Waals surface area contributed by atoms with E-state index in [-0.39, 0.29) is 11.6 Å². The zero-order valence-electron chi connectivity index (χ0n) is 8.29. The quantitative estimate of drug-likeness (QED) is 0.804. The maximum absolute atomic E-state index is 11.7. The number of sulfone groups is 1. The molecule has 7 nitrogen and oxygen atoms in total. The molecule has 8 heteroatoms. The van der Waals surface area contributed by atoms with E-state index in [1.54, 1.807) is 0 Å². The Morgan fingerprint density at radius 3 is 2.75 bits per heavy atom. The van der Waals surface area contributed by atoms with Gasteiger partial charge >= 0.3 is 5.97 Å². The summed E-state index contributed by atoms with van der Waals surface area (Å²) in [4.78, 5) is 14.1. The topological polar surface area (TPSA) is 110 Å². The van der Waals surface area contributed by atoms with Crippen molar-refractivity contribution < 1.29 is 22.8 Å². The highest BCUT2D eigenvalue weighted by Gasteiger charge is 2.35. The van der Waals surface area contributed by atoms with Gasteiger partial charge < -0.3 is 9.63 Å². The summed E-state index contributed by atoms with van der Waals surface area (Å²) in [5.74, 6) is -1.86. The van der Waals surface area contributed by atoms with E-state index in [2.05, 4.69) is 14.7 Å². The van der Waals surface area contributed by atoms with Crippen molar-refractivity contribution in [2.24, 2.45) is 0 Å². The molecule has 1 aromatic rings. The second kappa shape index (κ2) is 3.85. The van der Waals surface area contributed by atoms with Gasteiger partial charge in [0.05, 0.1) is 5.75 Å². The largest absolute Gasteiger partial charge is 0.475 e. The van der Waals surface area contributed by atoms with Gasteiger partial charge in [-0.3, -0.25) is 0 Å². The molecular formula is C8H10N2O5S. The second-order valence-corrected chi connectivity index (χ2v) is 5.92. The first kappa shape index (κ1) is 11.1. The maximum atomic E-state index is 11.7. The smallest absolute Gasteiger partial charge is 0.377 e. The van der Waals surface area contributed by atoms with E-state index in [0.29, 0.717) is 12.8 Å². The Morgan fingerprint density at radius 1 is 1.44 bits per heavy atom. The fourth-order valence-electron chi connectivity index (χ4n) is 1.68. The average molecular weight is 246 g/mol. The lowest BCUT2D eigenvalue weighted by Gasteiger charge is -2.18. The molecule has 0 spiro atoms. The third-order valence-corrected chi connectivity index (χ3v) is 4.65. The minimum absolute atomic E-state index is 0.0858. The van der Waals surface area contributed by atoms with Gasteiger partial charge in [-0.05, 0) is 18.0 Å². The molecule has 16 heavy (non-hydrogen) atoms. The van der Waals surface area contributed by atoms with Crippen LogP contribution in [0.2, 0.25) is 0 Å². The van der Waals surface area contributed by atoms with E-state index in [1.807, 2.05) is 0 Å². The summed E-state index contributed by atoms with van der Waals surface area (Å²) in [7, 11) is -3.28. The van der Waals surface area contributed by atoms with E-state index in [4.69, 9.17) is 5.11 Å². The van der Waals surface area contributed by atoms with Gasteiger partial charge in [0.25, 0.3) is 5.82 Å². The minimum Gasteiger partial charge on any atom is -0.475 e. The van der Waals surface area contributed by atoms with Crippen LogP contribution in [0.15, 0.2) is 4.52 Å². The number of carbonyl (C=O) groups is 1. The SMILES string of the molecule is O=C(O)c1noc(C2CCCCS2(=O)=O)n1. The lowest BCUT2D eigenvalue weighted by atomic mass is 10.2. The normalized spacial score (nSPS) is 24.1. The van der Waals surface area contributed by atoms with Gasteiger partial charge in [0.1, 0.15) is 5.25 Å². The van der Waals surface area contributed by atoms with E-state index < -0.39 is 26.9 Å². The molecule has 2 heterocycles. The number of carboxylic acid groups (broad SMARTS) is 1. The van der Waals surface area contributed by atoms with Gasteiger partial charge in [0.15, 0.2) is 9.84 Å². The van der Waals surface area contributed by atoms with Gasteiger partial charge in [-0.25, -0.2) is 13.2 Å². The van der Waals surface area contributed by atoms with Crippen LogP contribution in [0.5, 0.6) is 0 Å². The molecular weight excluding hydrogens is 236 g/mol. The molecule has 0 aliphatic carbocycles. The minimum atomic E-state index is -3.28. The van der Waals surface area contributed by atoms with Gasteiger partial charge in [-0.2, -0.15) is 4.98 Å². The van der Waals surface area contributed by atoms with Crippen LogP contribution in [-0.4, -0.2) is 35.4 Å². The van der Waals surface area contributed by atoms with E-state index in [0.717, 1.165) is 6.42 Å². The Kier molecular flexibility index (Phi) is 2.66. The highest BCUT2D eigenvalue weighted by Crippen LogP contribution is 2.32. The molecule has 88 valence electrons. The lowest BCUT2D eigenvalue weighted by molar-refractivity contribution is 0.0680. The van der Waals surface area contributed by atoms with Crippen LogP contribution in [0.3, 0.4) is 0 Å². The third kappa shape index (κ3) is 1.92. The van der Waals surface area contributed by atoms with Gasteiger partial charge in [0, 0.05) is 0 Å². The summed E-state index contributed by atoms with van der Waals surface area (Å²) >= 11 is 0. The van der Waals surface area contributed by atoms with Crippen molar-refractivity contribution in [1.29, 1.82) is 0 Å². The zero-order valence-corrected chi connectivity index (χ0v) is 9.11. The first-order valence-electron chi connectivity index (χ1n) is 4.79. The molecule has 1 aliphatic rings. The Balaban J connectivity index is 2.32. The summed E-state index contributed by atoms with van der Waals surface area (Å²) in [5, 5.41) is 11.0. The molecule has 1 aromatic heterocycles. The van der Waals surface area contributed by atoms with Crippen LogP contribution in [0.1, 0.15) is 41.0 Å². The summed E-state index contributed by atoms with van der Waals surface area (Å²) in [6, 6.07) is 0. The van der Waals surface area contributed by atoms with Crippen molar-refractivity contribution in [3.05, 3.63) is 11.7 Å². The number of hydrogen-bond acceptors (Lipinski definition) is 6. The van der Waals surface area contributed by atoms with E-state index in [1.165, 1.54) is 0 Å². The van der Waals surface area contributed by atoms with Crippen LogP contribution in [0, 0.1) is 0 Å². The first-order chi connectivity index (χ1) is 7.50. The highest BCUT2D eigenvalue weighted by molar-refractivity contribution is 7.91. The Morgan fingerprint density at radius 2 is 2.19 bits per heavy atom. The van der Waals surface area contributed by atoms with Crippen molar-refractivity contribution in [1.82, 2.24) is 10.1 Å². The monoisotopic (exact) mass is 246 g/mol. The van der Waals surface area contributed by atoms with E-state index >= 15 is 0 Å². The molecule has 0 amide bonds. The number of aromatic carboxylic acids is 1. The van der Waals surface area contributed by atoms with Crippen molar-refractivity contribution >= 4 is 15.8 Å². The predicted octanol–water partition coefficient (Wildman–Crippen LogP) is 0.408. The summed E-state index contributed by atoms with van der Waals surface area (Å²) in [6.07, 6.45) is 1.79. The predicted molar refractivity (Wildman–Crippen MR) is 51.6 cm³/mol. The number of nitrogens with zero attached hydrogens (tertiary/aromatic N) is 2. The maximum Gasteiger partial charge on any atom is 0.377 e. The molecule has 1 saturated heterocycles. The molecule has 1 N–H and O–H groups in total. The molecule has 1 fully saturated rings.